The van der Waals surface area contributed by atoms with Crippen LogP contribution >= 0.6 is 0 Å². The maximum atomic E-state index is 12.6. The Morgan fingerprint density at radius 2 is 1.77 bits per heavy atom. The van der Waals surface area contributed by atoms with Crippen LogP contribution in [-0.2, 0) is 16.1 Å². The standard InChI is InChI=1S/C18H26N2O2/c1-14(2)20(13-16-7-5-4-6-8-16)18(22)17(21)19-11-9-15(3)10-12-19/h4-8,14-15H,9-13H2,1-3H3. The van der Waals surface area contributed by atoms with Crippen LogP contribution in [0, 0.1) is 5.92 Å². The molecular weight excluding hydrogens is 276 g/mol. The van der Waals surface area contributed by atoms with Gasteiger partial charge >= 0.3 is 11.8 Å². The highest BCUT2D eigenvalue weighted by molar-refractivity contribution is 6.34. The van der Waals surface area contributed by atoms with Gasteiger partial charge in [-0.25, -0.2) is 0 Å². The molecule has 0 spiro atoms. The predicted octanol–water partition coefficient (Wildman–Crippen LogP) is 2.68. The molecule has 0 atom stereocenters. The van der Waals surface area contributed by atoms with E-state index in [1.54, 1.807) is 9.80 Å². The number of carbonyl (C=O) groups excluding carboxylic acids is 2. The van der Waals surface area contributed by atoms with Crippen LogP contribution in [0.4, 0.5) is 0 Å². The van der Waals surface area contributed by atoms with Crippen molar-refractivity contribution in [3.63, 3.8) is 0 Å². The molecule has 0 unspecified atom stereocenters. The molecule has 2 amide bonds. The fraction of sp³-hybridized carbons (Fsp3) is 0.556. The molecule has 1 fully saturated rings. The molecule has 0 aromatic heterocycles. The molecule has 1 aromatic rings. The number of piperidine rings is 1. The summed E-state index contributed by atoms with van der Waals surface area (Å²) in [5.74, 6) is -0.0883. The highest BCUT2D eigenvalue weighted by Gasteiger charge is 2.30. The lowest BCUT2D eigenvalue weighted by atomic mass is 9.99. The van der Waals surface area contributed by atoms with E-state index >= 15 is 0 Å². The molecule has 2 rings (SSSR count). The van der Waals surface area contributed by atoms with Gasteiger partial charge in [-0.3, -0.25) is 9.59 Å². The van der Waals surface area contributed by atoms with Gasteiger partial charge in [0.25, 0.3) is 0 Å². The van der Waals surface area contributed by atoms with E-state index in [1.165, 1.54) is 0 Å². The first-order chi connectivity index (χ1) is 10.5. The van der Waals surface area contributed by atoms with E-state index in [1.807, 2.05) is 44.2 Å². The summed E-state index contributed by atoms with van der Waals surface area (Å²) < 4.78 is 0. The van der Waals surface area contributed by atoms with Crippen LogP contribution in [0.25, 0.3) is 0 Å². The van der Waals surface area contributed by atoms with Crippen molar-refractivity contribution in [2.45, 2.75) is 46.2 Å². The van der Waals surface area contributed by atoms with Gasteiger partial charge in [-0.15, -0.1) is 0 Å². The molecule has 0 bridgehead atoms. The molecule has 0 N–H and O–H groups in total. The van der Waals surface area contributed by atoms with Crippen molar-refractivity contribution in [1.29, 1.82) is 0 Å². The minimum Gasteiger partial charge on any atom is -0.334 e. The molecule has 120 valence electrons. The maximum Gasteiger partial charge on any atom is 0.312 e. The number of hydrogen-bond acceptors (Lipinski definition) is 2. The van der Waals surface area contributed by atoms with E-state index in [9.17, 15) is 9.59 Å². The van der Waals surface area contributed by atoms with E-state index in [4.69, 9.17) is 0 Å². The molecule has 1 aromatic carbocycles. The smallest absolute Gasteiger partial charge is 0.312 e. The molecule has 4 heteroatoms. The van der Waals surface area contributed by atoms with Gasteiger partial charge in [0.05, 0.1) is 0 Å². The number of carbonyl (C=O) groups is 2. The summed E-state index contributed by atoms with van der Waals surface area (Å²) in [6.07, 6.45) is 1.97. The Hall–Kier alpha value is -1.84. The number of benzene rings is 1. The summed E-state index contributed by atoms with van der Waals surface area (Å²) in [6, 6.07) is 9.81. The summed E-state index contributed by atoms with van der Waals surface area (Å²) in [5.41, 5.74) is 1.05. The molecule has 1 heterocycles. The first-order valence-electron chi connectivity index (χ1n) is 8.13. The Morgan fingerprint density at radius 1 is 1.18 bits per heavy atom. The van der Waals surface area contributed by atoms with Gasteiger partial charge in [0.1, 0.15) is 0 Å². The summed E-state index contributed by atoms with van der Waals surface area (Å²) in [4.78, 5) is 28.5. The second kappa shape index (κ2) is 7.43. The number of rotatable bonds is 3. The largest absolute Gasteiger partial charge is 0.334 e. The van der Waals surface area contributed by atoms with Gasteiger partial charge in [0.2, 0.25) is 0 Å². The zero-order chi connectivity index (χ0) is 16.1. The second-order valence-electron chi connectivity index (χ2n) is 6.49. The third-order valence-electron chi connectivity index (χ3n) is 4.33. The highest BCUT2D eigenvalue weighted by Crippen LogP contribution is 2.17. The molecule has 4 nitrogen and oxygen atoms in total. The number of nitrogens with zero attached hydrogens (tertiary/aromatic N) is 2. The zero-order valence-corrected chi connectivity index (χ0v) is 13.8. The van der Waals surface area contributed by atoms with Gasteiger partial charge in [0, 0.05) is 25.7 Å². The summed E-state index contributed by atoms with van der Waals surface area (Å²) in [6.45, 7) is 7.97. The molecule has 1 aliphatic heterocycles. The SMILES string of the molecule is CC1CCN(C(=O)C(=O)N(Cc2ccccc2)C(C)C)CC1. The average molecular weight is 302 g/mol. The van der Waals surface area contributed by atoms with Crippen molar-refractivity contribution in [2.24, 2.45) is 5.92 Å². The summed E-state index contributed by atoms with van der Waals surface area (Å²) in [5, 5.41) is 0. The van der Waals surface area contributed by atoms with E-state index in [-0.39, 0.29) is 17.9 Å². The van der Waals surface area contributed by atoms with Gasteiger partial charge in [-0.1, -0.05) is 37.3 Å². The van der Waals surface area contributed by atoms with Crippen LogP contribution in [0.5, 0.6) is 0 Å². The van der Waals surface area contributed by atoms with E-state index in [0.717, 1.165) is 18.4 Å². The monoisotopic (exact) mass is 302 g/mol. The number of likely N-dealkylation sites (tertiary alicyclic amines) is 1. The Bertz CT molecular complexity index is 505. The van der Waals surface area contributed by atoms with Gasteiger partial charge in [-0.05, 0) is 38.2 Å². The zero-order valence-electron chi connectivity index (χ0n) is 13.8. The maximum absolute atomic E-state index is 12.6. The van der Waals surface area contributed by atoms with Crippen molar-refractivity contribution in [3.8, 4) is 0 Å². The molecule has 1 aliphatic rings. The quantitative estimate of drug-likeness (QED) is 0.806. The van der Waals surface area contributed by atoms with Crippen LogP contribution in [-0.4, -0.2) is 40.7 Å². The third kappa shape index (κ3) is 4.09. The Kier molecular flexibility index (Phi) is 5.58. The average Bonchev–Trinajstić information content (AvgIpc) is 2.53. The van der Waals surface area contributed by atoms with Crippen LogP contribution in [0.3, 0.4) is 0 Å². The lowest BCUT2D eigenvalue weighted by molar-refractivity contribution is -0.154. The second-order valence-corrected chi connectivity index (χ2v) is 6.49. The predicted molar refractivity (Wildman–Crippen MR) is 87.1 cm³/mol. The lowest BCUT2D eigenvalue weighted by Crippen LogP contribution is -2.49. The van der Waals surface area contributed by atoms with Crippen molar-refractivity contribution in [3.05, 3.63) is 35.9 Å². The van der Waals surface area contributed by atoms with Crippen LogP contribution in [0.2, 0.25) is 0 Å². The molecule has 22 heavy (non-hydrogen) atoms. The highest BCUT2D eigenvalue weighted by atomic mass is 16.2. The van der Waals surface area contributed by atoms with Crippen LogP contribution in [0.15, 0.2) is 30.3 Å². The molecule has 0 radical (unpaired) electrons. The summed E-state index contributed by atoms with van der Waals surface area (Å²) >= 11 is 0. The minimum atomic E-state index is -0.381. The van der Waals surface area contributed by atoms with E-state index in [0.29, 0.717) is 25.6 Å². The molecule has 0 aliphatic carbocycles. The van der Waals surface area contributed by atoms with E-state index in [2.05, 4.69) is 6.92 Å². The molecule has 1 saturated heterocycles. The number of hydrogen-bond donors (Lipinski definition) is 0. The lowest BCUT2D eigenvalue weighted by Gasteiger charge is -2.33. The van der Waals surface area contributed by atoms with Gasteiger partial charge in [-0.2, -0.15) is 0 Å². The Balaban J connectivity index is 2.04. The third-order valence-corrected chi connectivity index (χ3v) is 4.33. The van der Waals surface area contributed by atoms with Crippen molar-refractivity contribution < 1.29 is 9.59 Å². The van der Waals surface area contributed by atoms with Crippen LogP contribution < -0.4 is 0 Å². The summed E-state index contributed by atoms with van der Waals surface area (Å²) in [7, 11) is 0. The van der Waals surface area contributed by atoms with Crippen molar-refractivity contribution in [2.75, 3.05) is 13.1 Å². The van der Waals surface area contributed by atoms with E-state index < -0.39 is 0 Å². The first-order valence-corrected chi connectivity index (χ1v) is 8.13. The topological polar surface area (TPSA) is 40.6 Å². The minimum absolute atomic E-state index is 0.000343. The van der Waals surface area contributed by atoms with Crippen molar-refractivity contribution >= 4 is 11.8 Å². The normalized spacial score (nSPS) is 15.9. The Labute approximate surface area is 133 Å². The van der Waals surface area contributed by atoms with Gasteiger partial charge in [0.15, 0.2) is 0 Å². The van der Waals surface area contributed by atoms with Gasteiger partial charge < -0.3 is 9.80 Å². The fourth-order valence-corrected chi connectivity index (χ4v) is 2.74. The fourth-order valence-electron chi connectivity index (χ4n) is 2.74. The number of amides is 2. The van der Waals surface area contributed by atoms with Crippen LogP contribution in [0.1, 0.15) is 39.2 Å². The molecule has 0 saturated carbocycles. The molecular formula is C18H26N2O2. The van der Waals surface area contributed by atoms with Crippen molar-refractivity contribution in [1.82, 2.24) is 9.80 Å². The first kappa shape index (κ1) is 16.5. The Morgan fingerprint density at radius 3 is 2.32 bits per heavy atom.